The van der Waals surface area contributed by atoms with E-state index in [0.717, 1.165) is 0 Å². The van der Waals surface area contributed by atoms with Crippen molar-refractivity contribution >= 4 is 11.4 Å². The molecule has 6 aromatic carbocycles. The number of hydrogen-bond acceptors (Lipinski definition) is 2. The standard InChI is InChI=1S/2C23H23N.CH3.ClH.Pd/c2*1-16-14-21(19-10-6-4-7-11-19)23(24-17(2)18(24)3)22(15-16)20-12-8-5-9-13-20;;;/h2*4-15,17-18H,1-3H3;1H3;1H;/q;;-1;;+2/p-1. The third-order valence-electron chi connectivity index (χ3n) is 10.3. The van der Waals surface area contributed by atoms with Crippen LogP contribution < -0.4 is 22.2 Å². The molecule has 2 heterocycles. The number of hydrogen-bond donors (Lipinski definition) is 0. The summed E-state index contributed by atoms with van der Waals surface area (Å²) < 4.78 is 0. The molecule has 0 aromatic heterocycles. The van der Waals surface area contributed by atoms with Crippen LogP contribution in [0.3, 0.4) is 0 Å². The minimum absolute atomic E-state index is 0. The van der Waals surface area contributed by atoms with Crippen molar-refractivity contribution in [1.29, 1.82) is 0 Å². The maximum Gasteiger partial charge on any atom is 2.00 e. The van der Waals surface area contributed by atoms with E-state index in [2.05, 4.69) is 197 Å². The molecule has 8 rings (SSSR count). The number of halogens is 1. The summed E-state index contributed by atoms with van der Waals surface area (Å²) in [6.07, 6.45) is 0. The van der Waals surface area contributed by atoms with Gasteiger partial charge in [-0.05, 0) is 99.2 Å². The first-order valence-electron chi connectivity index (χ1n) is 17.4. The summed E-state index contributed by atoms with van der Waals surface area (Å²) in [5.41, 5.74) is 15.9. The molecular formula is C47H49ClN2Pd. The van der Waals surface area contributed by atoms with Crippen molar-refractivity contribution in [3.05, 3.63) is 164 Å². The van der Waals surface area contributed by atoms with Crippen molar-refractivity contribution in [2.24, 2.45) is 0 Å². The zero-order valence-corrected chi connectivity index (χ0v) is 33.1. The van der Waals surface area contributed by atoms with E-state index in [0.29, 0.717) is 24.2 Å². The summed E-state index contributed by atoms with van der Waals surface area (Å²) in [4.78, 5) is 5.09. The topological polar surface area (TPSA) is 6.02 Å². The summed E-state index contributed by atoms with van der Waals surface area (Å²) in [5.74, 6) is 0. The Morgan fingerprint density at radius 3 is 0.745 bits per heavy atom. The number of rotatable bonds is 6. The summed E-state index contributed by atoms with van der Waals surface area (Å²) in [7, 11) is 0. The number of anilines is 2. The largest absolute Gasteiger partial charge is 2.00 e. The minimum Gasteiger partial charge on any atom is -1.00 e. The minimum atomic E-state index is 0. The summed E-state index contributed by atoms with van der Waals surface area (Å²) in [6.45, 7) is 13.6. The summed E-state index contributed by atoms with van der Waals surface area (Å²) in [6, 6.07) is 54.7. The van der Waals surface area contributed by atoms with Crippen molar-refractivity contribution in [2.75, 3.05) is 9.80 Å². The quantitative estimate of drug-likeness (QED) is 0.0945. The zero-order valence-electron chi connectivity index (χ0n) is 30.8. The van der Waals surface area contributed by atoms with E-state index in [9.17, 15) is 0 Å². The molecule has 4 atom stereocenters. The Morgan fingerprint density at radius 2 is 0.569 bits per heavy atom. The Balaban J connectivity index is 0.000000216. The Bertz CT molecular complexity index is 1730. The fourth-order valence-corrected chi connectivity index (χ4v) is 7.29. The normalized spacial score (nSPS) is 18.2. The average Bonchev–Trinajstić information content (AvgIpc) is 3.95. The first-order valence-corrected chi connectivity index (χ1v) is 17.4. The van der Waals surface area contributed by atoms with Gasteiger partial charge in [0, 0.05) is 46.4 Å². The molecule has 0 radical (unpaired) electrons. The predicted octanol–water partition coefficient (Wildman–Crippen LogP) is 9.30. The molecule has 0 saturated carbocycles. The van der Waals surface area contributed by atoms with Crippen molar-refractivity contribution in [1.82, 2.24) is 0 Å². The molecule has 0 spiro atoms. The molecule has 2 aliphatic heterocycles. The van der Waals surface area contributed by atoms with E-state index in [4.69, 9.17) is 0 Å². The molecule has 4 heteroatoms. The van der Waals surface area contributed by atoms with Gasteiger partial charge in [0.15, 0.2) is 0 Å². The summed E-state index contributed by atoms with van der Waals surface area (Å²) >= 11 is 0. The molecule has 51 heavy (non-hydrogen) atoms. The van der Waals surface area contributed by atoms with Gasteiger partial charge in [-0.3, -0.25) is 0 Å². The second kappa shape index (κ2) is 16.9. The maximum absolute atomic E-state index is 2.55. The summed E-state index contributed by atoms with van der Waals surface area (Å²) in [5, 5.41) is 0. The van der Waals surface area contributed by atoms with Gasteiger partial charge in [-0.25, -0.2) is 0 Å². The van der Waals surface area contributed by atoms with Gasteiger partial charge in [-0.2, -0.15) is 0 Å². The monoisotopic (exact) mass is 782 g/mol. The molecule has 4 unspecified atom stereocenters. The third kappa shape index (κ3) is 8.18. The number of aryl methyl sites for hydroxylation is 2. The first kappa shape index (κ1) is 39.7. The second-order valence-corrected chi connectivity index (χ2v) is 13.7. The molecule has 2 aliphatic rings. The molecule has 0 amide bonds. The fraction of sp³-hybridized carbons (Fsp3) is 0.213. The van der Waals surface area contributed by atoms with Gasteiger partial charge in [0.05, 0.1) is 11.4 Å². The Kier molecular flexibility index (Phi) is 13.2. The fourth-order valence-electron chi connectivity index (χ4n) is 7.29. The molecule has 2 saturated heterocycles. The van der Waals surface area contributed by atoms with Crippen molar-refractivity contribution in [3.63, 3.8) is 0 Å². The Morgan fingerprint density at radius 1 is 0.373 bits per heavy atom. The molecule has 0 aliphatic carbocycles. The van der Waals surface area contributed by atoms with E-state index in [1.807, 2.05) is 0 Å². The predicted molar refractivity (Wildman–Crippen MR) is 213 cm³/mol. The molecular weight excluding hydrogens is 734 g/mol. The number of benzene rings is 6. The van der Waals surface area contributed by atoms with E-state index in [-0.39, 0.29) is 40.3 Å². The smallest absolute Gasteiger partial charge is 1.00 e. The van der Waals surface area contributed by atoms with Gasteiger partial charge in [0.25, 0.3) is 0 Å². The number of nitrogens with zero attached hydrogens (tertiary/aromatic N) is 2. The molecule has 0 bridgehead atoms. The van der Waals surface area contributed by atoms with E-state index in [1.165, 1.54) is 67.0 Å². The molecule has 2 nitrogen and oxygen atoms in total. The van der Waals surface area contributed by atoms with Crippen molar-refractivity contribution < 1.29 is 32.8 Å². The van der Waals surface area contributed by atoms with Crippen molar-refractivity contribution in [2.45, 2.75) is 65.7 Å². The van der Waals surface area contributed by atoms with Crippen LogP contribution in [0.2, 0.25) is 0 Å². The Hall–Kier alpha value is -4.13. The van der Waals surface area contributed by atoms with Crippen LogP contribution in [0, 0.1) is 21.3 Å². The van der Waals surface area contributed by atoms with Crippen LogP contribution in [0.5, 0.6) is 0 Å². The van der Waals surface area contributed by atoms with Crippen LogP contribution in [0.15, 0.2) is 146 Å². The van der Waals surface area contributed by atoms with Crippen LogP contribution in [0.1, 0.15) is 38.8 Å². The van der Waals surface area contributed by atoms with E-state index >= 15 is 0 Å². The van der Waals surface area contributed by atoms with Crippen LogP contribution in [0.25, 0.3) is 44.5 Å². The zero-order chi connectivity index (χ0) is 33.4. The first-order chi connectivity index (χ1) is 23.3. The molecule has 0 N–H and O–H groups in total. The van der Waals surface area contributed by atoms with Crippen LogP contribution in [-0.4, -0.2) is 24.2 Å². The van der Waals surface area contributed by atoms with Crippen LogP contribution >= 0.6 is 0 Å². The van der Waals surface area contributed by atoms with Crippen LogP contribution in [-0.2, 0) is 20.4 Å². The van der Waals surface area contributed by atoms with E-state index in [1.54, 1.807) is 0 Å². The third-order valence-corrected chi connectivity index (χ3v) is 10.3. The van der Waals surface area contributed by atoms with Crippen molar-refractivity contribution in [3.8, 4) is 44.5 Å². The molecule has 264 valence electrons. The van der Waals surface area contributed by atoms with Crippen LogP contribution in [0.4, 0.5) is 11.4 Å². The van der Waals surface area contributed by atoms with Gasteiger partial charge in [0.2, 0.25) is 0 Å². The van der Waals surface area contributed by atoms with Gasteiger partial charge in [-0.1, -0.05) is 121 Å². The van der Waals surface area contributed by atoms with E-state index < -0.39 is 0 Å². The molecule has 6 aromatic rings. The average molecular weight is 784 g/mol. The van der Waals surface area contributed by atoms with Gasteiger partial charge < -0.3 is 29.6 Å². The SMILES string of the molecule is Cc1cc(-c2ccccc2)c(N2C(C)C2C)c(-c2ccccc2)c1.Cc1cc(-c2ccccc2)c(N2C(C)C2C)c(-c2ccccc2)c1.[CH3-].[Cl-].[Pd+2]. The van der Waals surface area contributed by atoms with Gasteiger partial charge >= 0.3 is 20.4 Å². The Labute approximate surface area is 326 Å². The second-order valence-electron chi connectivity index (χ2n) is 13.7. The maximum atomic E-state index is 2.55. The van der Waals surface area contributed by atoms with Gasteiger partial charge in [-0.15, -0.1) is 0 Å². The van der Waals surface area contributed by atoms with Gasteiger partial charge in [0.1, 0.15) is 0 Å². The molecule has 2 fully saturated rings.